The molecule has 0 bridgehead atoms. The van der Waals surface area contributed by atoms with Crippen LogP contribution >= 0.6 is 0 Å². The molecule has 1 fully saturated rings. The van der Waals surface area contributed by atoms with Crippen molar-refractivity contribution in [3.63, 3.8) is 0 Å². The maximum atomic E-state index is 5.94. The third-order valence-electron chi connectivity index (χ3n) is 2.91. The largest absolute Gasteiger partial charge is 0.374 e. The molecule has 1 atom stereocenters. The highest BCUT2D eigenvalue weighted by molar-refractivity contribution is 4.67. The first kappa shape index (κ1) is 11.0. The predicted octanol–water partition coefficient (Wildman–Crippen LogP) is 2.46. The van der Waals surface area contributed by atoms with Gasteiger partial charge in [-0.05, 0) is 19.3 Å². The quantitative estimate of drug-likeness (QED) is 0.683. The molecule has 2 N–H and O–H groups in total. The Hall–Kier alpha value is -0.0800. The molecular weight excluding hydrogens is 162 g/mol. The fraction of sp³-hybridized carbons (Fsp3) is 1.00. The van der Waals surface area contributed by atoms with Gasteiger partial charge in [0.05, 0.1) is 12.2 Å². The van der Waals surface area contributed by atoms with Gasteiger partial charge < -0.3 is 10.5 Å². The number of hydrogen-bond donors (Lipinski definition) is 1. The van der Waals surface area contributed by atoms with Gasteiger partial charge in [-0.15, -0.1) is 0 Å². The molecule has 0 aromatic carbocycles. The van der Waals surface area contributed by atoms with Crippen molar-refractivity contribution < 1.29 is 4.74 Å². The van der Waals surface area contributed by atoms with Gasteiger partial charge in [-0.1, -0.05) is 32.6 Å². The molecule has 0 aromatic heterocycles. The van der Waals surface area contributed by atoms with E-state index in [4.69, 9.17) is 10.5 Å². The van der Waals surface area contributed by atoms with Crippen molar-refractivity contribution in [2.24, 2.45) is 5.73 Å². The lowest BCUT2D eigenvalue weighted by molar-refractivity contribution is -0.0159. The Morgan fingerprint density at radius 3 is 2.31 bits per heavy atom. The second-order valence-electron chi connectivity index (χ2n) is 4.02. The lowest BCUT2D eigenvalue weighted by atomic mass is 10.1. The third kappa shape index (κ3) is 4.10. The summed E-state index contributed by atoms with van der Waals surface area (Å²) in [7, 11) is 0. The minimum Gasteiger partial charge on any atom is -0.374 e. The molecule has 1 aliphatic carbocycles. The molecule has 2 heteroatoms. The van der Waals surface area contributed by atoms with Crippen LogP contribution in [0.1, 0.15) is 51.9 Å². The molecule has 1 saturated carbocycles. The summed E-state index contributed by atoms with van der Waals surface area (Å²) in [5.74, 6) is 0. The molecule has 0 amide bonds. The van der Waals surface area contributed by atoms with E-state index in [-0.39, 0.29) is 0 Å². The minimum absolute atomic E-state index is 0.295. The summed E-state index contributed by atoms with van der Waals surface area (Å²) in [5, 5.41) is 0. The highest BCUT2D eigenvalue weighted by Gasteiger charge is 2.15. The van der Waals surface area contributed by atoms with Crippen LogP contribution in [-0.4, -0.2) is 18.8 Å². The zero-order chi connectivity index (χ0) is 9.52. The Morgan fingerprint density at radius 2 is 1.85 bits per heavy atom. The summed E-state index contributed by atoms with van der Waals surface area (Å²) in [4.78, 5) is 0. The number of ether oxygens (including phenoxy) is 1. The average Bonchev–Trinajstić information content (AvgIpc) is 2.42. The lowest BCUT2D eigenvalue weighted by Gasteiger charge is -2.21. The molecule has 0 radical (unpaired) electrons. The van der Waals surface area contributed by atoms with Gasteiger partial charge in [0.2, 0.25) is 0 Å². The summed E-state index contributed by atoms with van der Waals surface area (Å²) in [6.07, 6.45) is 9.79. The van der Waals surface area contributed by atoms with Gasteiger partial charge >= 0.3 is 0 Å². The van der Waals surface area contributed by atoms with E-state index in [1.807, 2.05) is 0 Å². The Morgan fingerprint density at radius 1 is 1.23 bits per heavy atom. The molecule has 0 spiro atoms. The Labute approximate surface area is 81.8 Å². The van der Waals surface area contributed by atoms with Gasteiger partial charge in [0.1, 0.15) is 0 Å². The molecule has 0 heterocycles. The zero-order valence-corrected chi connectivity index (χ0v) is 8.80. The van der Waals surface area contributed by atoms with Crippen LogP contribution in [0.2, 0.25) is 0 Å². The minimum atomic E-state index is 0.295. The van der Waals surface area contributed by atoms with Crippen molar-refractivity contribution in [2.75, 3.05) is 6.54 Å². The van der Waals surface area contributed by atoms with Gasteiger partial charge in [0.15, 0.2) is 0 Å². The monoisotopic (exact) mass is 185 g/mol. The topological polar surface area (TPSA) is 35.2 Å². The molecule has 0 aliphatic heterocycles. The van der Waals surface area contributed by atoms with Crippen LogP contribution in [0.5, 0.6) is 0 Å². The van der Waals surface area contributed by atoms with Gasteiger partial charge in [0, 0.05) is 6.54 Å². The van der Waals surface area contributed by atoms with Crippen molar-refractivity contribution >= 4 is 0 Å². The van der Waals surface area contributed by atoms with E-state index in [0.29, 0.717) is 18.8 Å². The Kier molecular flexibility index (Phi) is 5.40. The molecule has 1 aliphatic rings. The number of hydrogen-bond acceptors (Lipinski definition) is 2. The first-order valence-electron chi connectivity index (χ1n) is 5.72. The maximum Gasteiger partial charge on any atom is 0.0698 e. The van der Waals surface area contributed by atoms with Crippen molar-refractivity contribution in [2.45, 2.75) is 64.1 Å². The average molecular weight is 185 g/mol. The highest BCUT2D eigenvalue weighted by atomic mass is 16.5. The van der Waals surface area contributed by atoms with Crippen LogP contribution in [-0.2, 0) is 4.74 Å². The molecule has 0 aromatic rings. The van der Waals surface area contributed by atoms with Gasteiger partial charge in [-0.3, -0.25) is 0 Å². The molecule has 13 heavy (non-hydrogen) atoms. The van der Waals surface area contributed by atoms with Crippen LogP contribution in [0.15, 0.2) is 0 Å². The normalized spacial score (nSPS) is 22.6. The first-order valence-corrected chi connectivity index (χ1v) is 5.72. The summed E-state index contributed by atoms with van der Waals surface area (Å²) in [5.41, 5.74) is 5.61. The van der Waals surface area contributed by atoms with Crippen molar-refractivity contribution in [3.8, 4) is 0 Å². The molecular formula is C11H23NO. The molecule has 1 rings (SSSR count). The molecule has 1 unspecified atom stereocenters. The lowest BCUT2D eigenvalue weighted by Crippen LogP contribution is -2.28. The Bertz CT molecular complexity index is 115. The van der Waals surface area contributed by atoms with Crippen LogP contribution < -0.4 is 5.73 Å². The van der Waals surface area contributed by atoms with Crippen molar-refractivity contribution in [1.29, 1.82) is 0 Å². The van der Waals surface area contributed by atoms with Gasteiger partial charge in [-0.2, -0.15) is 0 Å². The smallest absolute Gasteiger partial charge is 0.0698 e. The van der Waals surface area contributed by atoms with Crippen LogP contribution in [0, 0.1) is 0 Å². The fourth-order valence-corrected chi connectivity index (χ4v) is 1.97. The van der Waals surface area contributed by atoms with Crippen molar-refractivity contribution in [1.82, 2.24) is 0 Å². The highest BCUT2D eigenvalue weighted by Crippen LogP contribution is 2.21. The summed E-state index contributed by atoms with van der Waals surface area (Å²) >= 11 is 0. The van der Waals surface area contributed by atoms with E-state index in [1.165, 1.54) is 38.5 Å². The first-order chi connectivity index (χ1) is 6.36. The molecule has 0 saturated heterocycles. The predicted molar refractivity (Wildman–Crippen MR) is 55.7 cm³/mol. The molecule has 2 nitrogen and oxygen atoms in total. The summed E-state index contributed by atoms with van der Waals surface area (Å²) in [6, 6.07) is 0. The second kappa shape index (κ2) is 6.39. The van der Waals surface area contributed by atoms with Crippen molar-refractivity contribution in [3.05, 3.63) is 0 Å². The van der Waals surface area contributed by atoms with E-state index < -0.39 is 0 Å². The van der Waals surface area contributed by atoms with E-state index in [0.717, 1.165) is 6.42 Å². The van der Waals surface area contributed by atoms with Crippen LogP contribution in [0.25, 0.3) is 0 Å². The second-order valence-corrected chi connectivity index (χ2v) is 4.02. The van der Waals surface area contributed by atoms with E-state index >= 15 is 0 Å². The van der Waals surface area contributed by atoms with Gasteiger partial charge in [0.25, 0.3) is 0 Å². The Balaban J connectivity index is 2.24. The van der Waals surface area contributed by atoms with Gasteiger partial charge in [-0.25, -0.2) is 0 Å². The fourth-order valence-electron chi connectivity index (χ4n) is 1.97. The summed E-state index contributed by atoms with van der Waals surface area (Å²) in [6.45, 7) is 2.82. The number of rotatable bonds is 4. The van der Waals surface area contributed by atoms with E-state index in [9.17, 15) is 0 Å². The number of nitrogens with two attached hydrogens (primary N) is 1. The van der Waals surface area contributed by atoms with Crippen LogP contribution in [0.3, 0.4) is 0 Å². The van der Waals surface area contributed by atoms with Crippen LogP contribution in [0.4, 0.5) is 0 Å². The third-order valence-corrected chi connectivity index (χ3v) is 2.91. The maximum absolute atomic E-state index is 5.94. The SMILES string of the molecule is CCC(CN)OC1CCCCCC1. The standard InChI is InChI=1S/C11H23NO/c1-2-10(9-12)13-11-7-5-3-4-6-8-11/h10-11H,2-9,12H2,1H3. The summed E-state index contributed by atoms with van der Waals surface area (Å²) < 4.78 is 5.94. The zero-order valence-electron chi connectivity index (χ0n) is 8.80. The van der Waals surface area contributed by atoms with E-state index in [2.05, 4.69) is 6.92 Å². The molecule has 78 valence electrons. The van der Waals surface area contributed by atoms with E-state index in [1.54, 1.807) is 0 Å².